The van der Waals surface area contributed by atoms with Crippen molar-refractivity contribution in [3.63, 3.8) is 0 Å². The number of ether oxygens (including phenoxy) is 3. The number of anilines is 2. The minimum absolute atomic E-state index is 0.252. The molecule has 2 saturated heterocycles. The maximum absolute atomic E-state index is 12.4. The molecule has 0 aliphatic carbocycles. The molecule has 0 spiro atoms. The Hall–Kier alpha value is -3.70. The van der Waals surface area contributed by atoms with Crippen LogP contribution in [0.15, 0.2) is 54.6 Å². The predicted octanol–water partition coefficient (Wildman–Crippen LogP) is 2.06. The number of rotatable bonds is 6. The third-order valence-electron chi connectivity index (χ3n) is 5.70. The number of nitrogens with one attached hydrogen (secondary N) is 2. The Balaban J connectivity index is 1.24. The summed E-state index contributed by atoms with van der Waals surface area (Å²) in [6.07, 6.45) is -0.628. The van der Waals surface area contributed by atoms with Crippen molar-refractivity contribution in [1.29, 1.82) is 0 Å². The van der Waals surface area contributed by atoms with Crippen LogP contribution in [0, 0.1) is 0 Å². The number of carbonyl (C=O) groups is 1. The Morgan fingerprint density at radius 2 is 1.91 bits per heavy atom. The minimum Gasteiger partial charge on any atom is -0.423 e. The van der Waals surface area contributed by atoms with E-state index in [9.17, 15) is 4.79 Å². The highest BCUT2D eigenvalue weighted by Gasteiger charge is 2.50. The van der Waals surface area contributed by atoms with Crippen molar-refractivity contribution in [2.75, 3.05) is 37.5 Å². The normalized spacial score (nSPS) is 23.7. The molecule has 2 fully saturated rings. The molecular formula is C22H25N7O4. The zero-order valence-electron chi connectivity index (χ0n) is 18.3. The number of carbonyl (C=O) groups excluding carboxylic acids is 1. The Morgan fingerprint density at radius 3 is 2.73 bits per heavy atom. The van der Waals surface area contributed by atoms with Gasteiger partial charge in [0.1, 0.15) is 24.0 Å². The van der Waals surface area contributed by atoms with Crippen LogP contribution in [0.2, 0.25) is 0 Å². The molecule has 11 heteroatoms. The van der Waals surface area contributed by atoms with E-state index in [2.05, 4.69) is 26.2 Å². The molecule has 3 aromatic rings. The van der Waals surface area contributed by atoms with Crippen LogP contribution in [0.5, 0.6) is 11.8 Å². The fourth-order valence-corrected chi connectivity index (χ4v) is 4.06. The maximum Gasteiger partial charge on any atom is 0.341 e. The summed E-state index contributed by atoms with van der Waals surface area (Å²) in [5, 5.41) is 17.7. The molecule has 2 aliphatic heterocycles. The first-order valence-electron chi connectivity index (χ1n) is 10.7. The number of tetrazole rings is 1. The SMILES string of the molecule is CN(C)c1cccc(Oc2nnnn2C2COC3C(NC(=O)Nc4ccccc4)COC32)c1. The van der Waals surface area contributed by atoms with Gasteiger partial charge in [-0.1, -0.05) is 29.4 Å². The third kappa shape index (κ3) is 4.45. The van der Waals surface area contributed by atoms with Gasteiger partial charge in [0.05, 0.1) is 19.3 Å². The van der Waals surface area contributed by atoms with Crippen LogP contribution in [-0.4, -0.2) is 71.8 Å². The number of urea groups is 1. The molecule has 2 amide bonds. The summed E-state index contributed by atoms with van der Waals surface area (Å²) in [6, 6.07) is 16.3. The van der Waals surface area contributed by atoms with Crippen molar-refractivity contribution < 1.29 is 19.0 Å². The van der Waals surface area contributed by atoms with E-state index in [1.807, 2.05) is 73.6 Å². The van der Waals surface area contributed by atoms with Gasteiger partial charge in [-0.15, -0.1) is 0 Å². The van der Waals surface area contributed by atoms with E-state index in [1.54, 1.807) is 4.68 Å². The van der Waals surface area contributed by atoms with E-state index in [4.69, 9.17) is 14.2 Å². The highest BCUT2D eigenvalue weighted by molar-refractivity contribution is 5.89. The van der Waals surface area contributed by atoms with Gasteiger partial charge in [-0.05, 0) is 34.7 Å². The minimum atomic E-state index is -0.314. The number of fused-ring (bicyclic) bond motifs is 1. The van der Waals surface area contributed by atoms with Crippen LogP contribution in [-0.2, 0) is 9.47 Å². The van der Waals surface area contributed by atoms with Crippen molar-refractivity contribution in [1.82, 2.24) is 25.5 Å². The Kier molecular flexibility index (Phi) is 5.80. The lowest BCUT2D eigenvalue weighted by Gasteiger charge is -2.18. The van der Waals surface area contributed by atoms with Gasteiger partial charge in [0, 0.05) is 31.5 Å². The van der Waals surface area contributed by atoms with Gasteiger partial charge < -0.3 is 29.7 Å². The van der Waals surface area contributed by atoms with E-state index >= 15 is 0 Å². The highest BCUT2D eigenvalue weighted by atomic mass is 16.6. The standard InChI is InChI=1S/C22H25N7O4/c1-28(2)15-9-6-10-16(11-15)33-22-25-26-27-29(22)18-13-32-19-17(12-31-20(18)19)24-21(30)23-14-7-4-3-5-8-14/h3-11,17-20H,12-13H2,1-2H3,(H2,23,24,30). The van der Waals surface area contributed by atoms with Crippen LogP contribution in [0.3, 0.4) is 0 Å². The first-order valence-corrected chi connectivity index (χ1v) is 10.7. The summed E-state index contributed by atoms with van der Waals surface area (Å²) >= 11 is 0. The molecule has 3 heterocycles. The largest absolute Gasteiger partial charge is 0.423 e. The van der Waals surface area contributed by atoms with E-state index in [1.165, 1.54) is 0 Å². The van der Waals surface area contributed by atoms with Gasteiger partial charge in [0.2, 0.25) is 0 Å². The number of hydrogen-bond acceptors (Lipinski definition) is 8. The number of para-hydroxylation sites is 1. The molecule has 4 atom stereocenters. The number of amides is 2. The molecule has 4 unspecified atom stereocenters. The first-order chi connectivity index (χ1) is 16.1. The summed E-state index contributed by atoms with van der Waals surface area (Å²) in [6.45, 7) is 0.671. The summed E-state index contributed by atoms with van der Waals surface area (Å²) in [5.41, 5.74) is 1.71. The zero-order valence-corrected chi connectivity index (χ0v) is 18.3. The Bertz CT molecular complexity index is 1110. The smallest absolute Gasteiger partial charge is 0.341 e. The summed E-state index contributed by atoms with van der Waals surface area (Å²) in [4.78, 5) is 14.4. The van der Waals surface area contributed by atoms with Gasteiger partial charge in [-0.25, -0.2) is 4.79 Å². The first kappa shape index (κ1) is 21.2. The molecule has 5 rings (SSSR count). The van der Waals surface area contributed by atoms with Crippen molar-refractivity contribution in [2.45, 2.75) is 24.3 Å². The monoisotopic (exact) mass is 451 g/mol. The average molecular weight is 451 g/mol. The Morgan fingerprint density at radius 1 is 1.09 bits per heavy atom. The van der Waals surface area contributed by atoms with Crippen LogP contribution >= 0.6 is 0 Å². The van der Waals surface area contributed by atoms with E-state index in [0.717, 1.165) is 5.69 Å². The molecule has 0 radical (unpaired) electrons. The lowest BCUT2D eigenvalue weighted by Crippen LogP contribution is -2.45. The number of hydrogen-bond donors (Lipinski definition) is 2. The lowest BCUT2D eigenvalue weighted by molar-refractivity contribution is 0.0613. The van der Waals surface area contributed by atoms with E-state index < -0.39 is 0 Å². The highest BCUT2D eigenvalue weighted by Crippen LogP contribution is 2.36. The summed E-state index contributed by atoms with van der Waals surface area (Å²) in [5.74, 6) is 0.622. The van der Waals surface area contributed by atoms with Crippen molar-refractivity contribution in [2.24, 2.45) is 0 Å². The topological polar surface area (TPSA) is 116 Å². The zero-order chi connectivity index (χ0) is 22.8. The van der Waals surface area contributed by atoms with E-state index in [0.29, 0.717) is 24.7 Å². The summed E-state index contributed by atoms with van der Waals surface area (Å²) < 4.78 is 19.5. The van der Waals surface area contributed by atoms with Crippen LogP contribution in [0.25, 0.3) is 0 Å². The molecule has 172 valence electrons. The van der Waals surface area contributed by atoms with Crippen molar-refractivity contribution in [3.8, 4) is 11.8 Å². The maximum atomic E-state index is 12.4. The van der Waals surface area contributed by atoms with Crippen molar-refractivity contribution >= 4 is 17.4 Å². The molecule has 33 heavy (non-hydrogen) atoms. The molecule has 1 aromatic heterocycles. The predicted molar refractivity (Wildman–Crippen MR) is 120 cm³/mol. The molecule has 2 aliphatic rings. The lowest BCUT2D eigenvalue weighted by atomic mass is 10.1. The molecular weight excluding hydrogens is 426 g/mol. The fraction of sp³-hybridized carbons (Fsp3) is 0.364. The van der Waals surface area contributed by atoms with Gasteiger partial charge >= 0.3 is 12.0 Å². The van der Waals surface area contributed by atoms with Gasteiger partial charge in [0.25, 0.3) is 0 Å². The second-order valence-electron chi connectivity index (χ2n) is 8.13. The molecule has 11 nitrogen and oxygen atoms in total. The second kappa shape index (κ2) is 9.04. The summed E-state index contributed by atoms with van der Waals surface area (Å²) in [7, 11) is 3.92. The van der Waals surface area contributed by atoms with Gasteiger partial charge in [0.15, 0.2) is 0 Å². The fourth-order valence-electron chi connectivity index (χ4n) is 4.06. The van der Waals surface area contributed by atoms with Gasteiger partial charge in [-0.2, -0.15) is 4.68 Å². The molecule has 0 saturated carbocycles. The molecule has 2 aromatic carbocycles. The molecule has 2 N–H and O–H groups in total. The Labute approximate surface area is 190 Å². The number of benzene rings is 2. The third-order valence-corrected chi connectivity index (χ3v) is 5.70. The average Bonchev–Trinajstić information content (AvgIpc) is 3.52. The second-order valence-corrected chi connectivity index (χ2v) is 8.13. The van der Waals surface area contributed by atoms with Crippen LogP contribution in [0.1, 0.15) is 6.04 Å². The van der Waals surface area contributed by atoms with Crippen LogP contribution < -0.4 is 20.3 Å². The molecule has 0 bridgehead atoms. The number of nitrogens with zero attached hydrogens (tertiary/aromatic N) is 5. The van der Waals surface area contributed by atoms with E-state index in [-0.39, 0.29) is 36.3 Å². The van der Waals surface area contributed by atoms with Crippen molar-refractivity contribution in [3.05, 3.63) is 54.6 Å². The quantitative estimate of drug-likeness (QED) is 0.585. The number of aromatic nitrogens is 4. The van der Waals surface area contributed by atoms with Crippen LogP contribution in [0.4, 0.5) is 16.2 Å². The van der Waals surface area contributed by atoms with Gasteiger partial charge in [-0.3, -0.25) is 0 Å².